The molecule has 4 rings (SSSR count). The van der Waals surface area contributed by atoms with Crippen molar-refractivity contribution in [2.45, 2.75) is 24.2 Å². The van der Waals surface area contributed by atoms with Crippen LogP contribution in [0.15, 0.2) is 53.4 Å². The van der Waals surface area contributed by atoms with Crippen LogP contribution in [0.5, 0.6) is 5.75 Å². The first-order chi connectivity index (χ1) is 13.6. The van der Waals surface area contributed by atoms with Crippen LogP contribution in [-0.4, -0.2) is 17.5 Å². The van der Waals surface area contributed by atoms with Crippen molar-refractivity contribution in [3.63, 3.8) is 0 Å². The molecular formula is C22H18I3O2S+. The number of benzene rings is 3. The van der Waals surface area contributed by atoms with Crippen LogP contribution in [0.2, 0.25) is 0 Å². The third-order valence-corrected chi connectivity index (χ3v) is 11.4. The zero-order chi connectivity index (χ0) is 19.7. The minimum atomic E-state index is -0.287. The third-order valence-electron chi connectivity index (χ3n) is 4.89. The molecule has 0 radical (unpaired) electrons. The Kier molecular flexibility index (Phi) is 7.09. The maximum absolute atomic E-state index is 13.0. The number of hydrogen-bond acceptors (Lipinski definition) is 2. The van der Waals surface area contributed by atoms with E-state index in [1.54, 1.807) is 0 Å². The van der Waals surface area contributed by atoms with Crippen LogP contribution in [0, 0.1) is 10.7 Å². The van der Waals surface area contributed by atoms with Gasteiger partial charge in [0.2, 0.25) is 0 Å². The average molecular weight is 727 g/mol. The molecule has 0 saturated carbocycles. The van der Waals surface area contributed by atoms with E-state index >= 15 is 0 Å². The zero-order valence-electron chi connectivity index (χ0n) is 15.0. The first-order valence-corrected chi connectivity index (χ1v) is 13.9. The Morgan fingerprint density at radius 3 is 2.25 bits per heavy atom. The standard InChI is InChI=1S/C22H18I3O2S/c23-16-8-9-17(24)21(25)20(16)22(26)27-18-10-11-19(28-12-4-1-5-13-28)15-7-3-2-6-14(15)18/h2-3,6-11H,1,4-5,12-13H2/q+1. The van der Waals surface area contributed by atoms with Gasteiger partial charge in [-0.15, -0.1) is 0 Å². The smallest absolute Gasteiger partial charge is 0.345 e. The van der Waals surface area contributed by atoms with Gasteiger partial charge in [-0.25, -0.2) is 4.79 Å². The van der Waals surface area contributed by atoms with Gasteiger partial charge in [0.1, 0.15) is 17.3 Å². The maximum atomic E-state index is 13.0. The van der Waals surface area contributed by atoms with Gasteiger partial charge in [0.15, 0.2) is 4.90 Å². The lowest BCUT2D eigenvalue weighted by atomic mass is 10.1. The predicted octanol–water partition coefficient (Wildman–Crippen LogP) is 7.03. The van der Waals surface area contributed by atoms with E-state index in [1.165, 1.54) is 41.0 Å². The van der Waals surface area contributed by atoms with Gasteiger partial charge in [0, 0.05) is 32.4 Å². The molecule has 6 heteroatoms. The molecule has 1 saturated heterocycles. The van der Waals surface area contributed by atoms with E-state index in [9.17, 15) is 4.79 Å². The van der Waals surface area contributed by atoms with Crippen LogP contribution in [0.1, 0.15) is 29.6 Å². The van der Waals surface area contributed by atoms with Gasteiger partial charge in [-0.1, -0.05) is 18.2 Å². The summed E-state index contributed by atoms with van der Waals surface area (Å²) in [5.74, 6) is 2.92. The number of hydrogen-bond donors (Lipinski definition) is 0. The number of halogens is 3. The molecule has 0 aliphatic carbocycles. The number of carbonyl (C=O) groups excluding carboxylic acids is 1. The lowest BCUT2D eigenvalue weighted by Gasteiger charge is -2.16. The number of ether oxygens (including phenoxy) is 1. The highest BCUT2D eigenvalue weighted by atomic mass is 127. The summed E-state index contributed by atoms with van der Waals surface area (Å²) >= 11 is 6.69. The van der Waals surface area contributed by atoms with Crippen LogP contribution in [0.25, 0.3) is 10.8 Å². The van der Waals surface area contributed by atoms with Gasteiger partial charge in [0.05, 0.1) is 5.56 Å². The van der Waals surface area contributed by atoms with Crippen molar-refractivity contribution in [1.29, 1.82) is 0 Å². The van der Waals surface area contributed by atoms with Gasteiger partial charge in [-0.05, 0) is 117 Å². The van der Waals surface area contributed by atoms with Crippen molar-refractivity contribution in [2.75, 3.05) is 11.5 Å². The third kappa shape index (κ3) is 4.34. The highest BCUT2D eigenvalue weighted by Gasteiger charge is 2.28. The van der Waals surface area contributed by atoms with Crippen molar-refractivity contribution < 1.29 is 9.53 Å². The second-order valence-corrected chi connectivity index (χ2v) is 12.3. The summed E-state index contributed by atoms with van der Waals surface area (Å²) in [4.78, 5) is 14.4. The van der Waals surface area contributed by atoms with E-state index in [0.29, 0.717) is 22.2 Å². The number of rotatable bonds is 3. The Morgan fingerprint density at radius 2 is 1.50 bits per heavy atom. The van der Waals surface area contributed by atoms with Crippen LogP contribution < -0.4 is 4.74 Å². The van der Waals surface area contributed by atoms with Gasteiger partial charge < -0.3 is 4.74 Å². The van der Waals surface area contributed by atoms with Crippen LogP contribution in [-0.2, 0) is 10.9 Å². The lowest BCUT2D eigenvalue weighted by Crippen LogP contribution is -2.18. The molecule has 28 heavy (non-hydrogen) atoms. The summed E-state index contributed by atoms with van der Waals surface area (Å²) in [7, 11) is 0.306. The molecule has 1 aliphatic heterocycles. The fourth-order valence-electron chi connectivity index (χ4n) is 3.50. The molecular weight excluding hydrogens is 709 g/mol. The molecule has 0 aromatic heterocycles. The van der Waals surface area contributed by atoms with Crippen molar-refractivity contribution in [2.24, 2.45) is 0 Å². The van der Waals surface area contributed by atoms with Crippen molar-refractivity contribution in [3.8, 4) is 5.75 Å². The molecule has 0 bridgehead atoms. The molecule has 1 aliphatic rings. The molecule has 0 spiro atoms. The van der Waals surface area contributed by atoms with Crippen LogP contribution >= 0.6 is 67.8 Å². The molecule has 0 unspecified atom stereocenters. The van der Waals surface area contributed by atoms with E-state index < -0.39 is 0 Å². The molecule has 1 fully saturated rings. The summed E-state index contributed by atoms with van der Waals surface area (Å²) in [6, 6.07) is 16.5. The quantitative estimate of drug-likeness (QED) is 0.0953. The first kappa shape index (κ1) is 21.2. The van der Waals surface area contributed by atoms with Crippen molar-refractivity contribution in [1.82, 2.24) is 0 Å². The van der Waals surface area contributed by atoms with Crippen molar-refractivity contribution >= 4 is 95.4 Å². The summed E-state index contributed by atoms with van der Waals surface area (Å²) < 4.78 is 8.84. The molecule has 0 amide bonds. The minimum Gasteiger partial charge on any atom is -0.422 e. The van der Waals surface area contributed by atoms with E-state index in [-0.39, 0.29) is 5.97 Å². The second-order valence-electron chi connectivity index (χ2n) is 6.68. The normalized spacial score (nSPS) is 15.0. The zero-order valence-corrected chi connectivity index (χ0v) is 22.3. The Labute approximate surface area is 209 Å². The monoisotopic (exact) mass is 727 g/mol. The van der Waals surface area contributed by atoms with Gasteiger partial charge >= 0.3 is 5.97 Å². The molecule has 0 atom stereocenters. The topological polar surface area (TPSA) is 26.3 Å². The van der Waals surface area contributed by atoms with E-state index in [4.69, 9.17) is 4.74 Å². The first-order valence-electron chi connectivity index (χ1n) is 9.11. The maximum Gasteiger partial charge on any atom is 0.345 e. The Balaban J connectivity index is 1.72. The predicted molar refractivity (Wildman–Crippen MR) is 143 cm³/mol. The molecule has 3 aromatic rings. The Hall–Kier alpha value is -0.0700. The SMILES string of the molecule is O=C(Oc1ccc([S+]2CCCCC2)c2ccccc12)c1c(I)ccc(I)c1I. The van der Waals surface area contributed by atoms with Crippen LogP contribution in [0.4, 0.5) is 0 Å². The van der Waals surface area contributed by atoms with Gasteiger partial charge in [0.25, 0.3) is 0 Å². The van der Waals surface area contributed by atoms with Crippen LogP contribution in [0.3, 0.4) is 0 Å². The lowest BCUT2D eigenvalue weighted by molar-refractivity contribution is 0.0734. The van der Waals surface area contributed by atoms with Gasteiger partial charge in [-0.2, -0.15) is 0 Å². The number of carbonyl (C=O) groups is 1. The van der Waals surface area contributed by atoms with E-state index in [0.717, 1.165) is 16.1 Å². The minimum absolute atomic E-state index is 0.287. The highest BCUT2D eigenvalue weighted by molar-refractivity contribution is 14.1. The highest BCUT2D eigenvalue weighted by Crippen LogP contribution is 2.35. The average Bonchev–Trinajstić information content (AvgIpc) is 2.72. The van der Waals surface area contributed by atoms with Gasteiger partial charge in [-0.3, -0.25) is 0 Å². The number of fused-ring (bicyclic) bond motifs is 1. The molecule has 1 heterocycles. The number of esters is 1. The molecule has 0 N–H and O–H groups in total. The summed E-state index contributed by atoms with van der Waals surface area (Å²) in [5.41, 5.74) is 0.649. The fourth-order valence-corrected chi connectivity index (χ4v) is 8.33. The molecule has 144 valence electrons. The second kappa shape index (κ2) is 9.38. The fraction of sp³-hybridized carbons (Fsp3) is 0.227. The van der Waals surface area contributed by atoms with E-state index in [2.05, 4.69) is 92.0 Å². The summed E-state index contributed by atoms with van der Waals surface area (Å²) in [5, 5.41) is 2.26. The van der Waals surface area contributed by atoms with Crippen molar-refractivity contribution in [3.05, 3.63) is 64.8 Å². The molecule has 3 aromatic carbocycles. The largest absolute Gasteiger partial charge is 0.422 e. The van der Waals surface area contributed by atoms with E-state index in [1.807, 2.05) is 24.3 Å². The molecule has 2 nitrogen and oxygen atoms in total. The Morgan fingerprint density at radius 1 is 0.821 bits per heavy atom. The summed E-state index contributed by atoms with van der Waals surface area (Å²) in [6.07, 6.45) is 3.99. The Bertz CT molecular complexity index is 1050. The summed E-state index contributed by atoms with van der Waals surface area (Å²) in [6.45, 7) is 0.